The maximum atomic E-state index is 13.7. The van der Waals surface area contributed by atoms with E-state index in [4.69, 9.17) is 4.42 Å². The van der Waals surface area contributed by atoms with Gasteiger partial charge >= 0.3 is 0 Å². The molecule has 0 saturated carbocycles. The smallest absolute Gasteiger partial charge is 0.291 e. The molecular formula is C27H22BrNO3. The van der Waals surface area contributed by atoms with E-state index in [-0.39, 0.29) is 17.1 Å². The number of hydrogen-bond donors (Lipinski definition) is 0. The van der Waals surface area contributed by atoms with Gasteiger partial charge in [-0.3, -0.25) is 9.59 Å². The molecule has 0 spiro atoms. The van der Waals surface area contributed by atoms with Crippen molar-refractivity contribution in [3.05, 3.63) is 115 Å². The van der Waals surface area contributed by atoms with Crippen molar-refractivity contribution in [2.45, 2.75) is 33.4 Å². The molecular weight excluding hydrogens is 466 g/mol. The standard InChI is InChI=1S/C27H22BrNO3/c1-15-7-9-18(10-8-15)14-29-23(19-5-4-6-20(28)13-19)22-24(30)21-12-16(2)11-17(3)25(21)32-26(22)27(29)31/h4-13,23H,14H2,1-3H3. The van der Waals surface area contributed by atoms with Crippen LogP contribution in [0.1, 0.15) is 50.0 Å². The van der Waals surface area contributed by atoms with Crippen LogP contribution in [-0.4, -0.2) is 10.8 Å². The van der Waals surface area contributed by atoms with E-state index in [9.17, 15) is 9.59 Å². The van der Waals surface area contributed by atoms with Crippen LogP contribution in [0, 0.1) is 20.8 Å². The molecule has 4 aromatic rings. The van der Waals surface area contributed by atoms with E-state index in [0.717, 1.165) is 32.3 Å². The van der Waals surface area contributed by atoms with E-state index in [2.05, 4.69) is 15.9 Å². The highest BCUT2D eigenvalue weighted by Gasteiger charge is 2.42. The molecule has 32 heavy (non-hydrogen) atoms. The number of carbonyl (C=O) groups excluding carboxylic acids is 1. The van der Waals surface area contributed by atoms with Crippen molar-refractivity contribution in [2.75, 3.05) is 0 Å². The number of rotatable bonds is 3. The molecule has 5 heteroatoms. The topological polar surface area (TPSA) is 50.5 Å². The van der Waals surface area contributed by atoms with Gasteiger partial charge in [0.25, 0.3) is 5.91 Å². The fraction of sp³-hybridized carbons (Fsp3) is 0.185. The van der Waals surface area contributed by atoms with E-state index >= 15 is 0 Å². The van der Waals surface area contributed by atoms with Gasteiger partial charge in [-0.1, -0.05) is 64.0 Å². The number of nitrogens with zero attached hydrogens (tertiary/aromatic N) is 1. The Kier molecular flexibility index (Phi) is 5.01. The molecule has 0 fully saturated rings. The Morgan fingerprint density at radius 1 is 0.938 bits per heavy atom. The van der Waals surface area contributed by atoms with E-state index < -0.39 is 6.04 Å². The van der Waals surface area contributed by atoms with Gasteiger partial charge in [0.05, 0.1) is 17.0 Å². The van der Waals surface area contributed by atoms with Crippen molar-refractivity contribution in [1.29, 1.82) is 0 Å². The largest absolute Gasteiger partial charge is 0.450 e. The molecule has 1 aliphatic rings. The number of carbonyl (C=O) groups is 1. The van der Waals surface area contributed by atoms with Crippen molar-refractivity contribution in [3.63, 3.8) is 0 Å². The van der Waals surface area contributed by atoms with Crippen LogP contribution in [0.5, 0.6) is 0 Å². The molecule has 3 aromatic carbocycles. The third-order valence-electron chi connectivity index (χ3n) is 6.04. The Labute approximate surface area is 194 Å². The maximum Gasteiger partial charge on any atom is 0.291 e. The lowest BCUT2D eigenvalue weighted by Crippen LogP contribution is -2.29. The third kappa shape index (κ3) is 3.37. The summed E-state index contributed by atoms with van der Waals surface area (Å²) in [6.07, 6.45) is 0. The van der Waals surface area contributed by atoms with Gasteiger partial charge in [-0.15, -0.1) is 0 Å². The Balaban J connectivity index is 1.75. The van der Waals surface area contributed by atoms with Crippen LogP contribution >= 0.6 is 15.9 Å². The minimum atomic E-state index is -0.516. The van der Waals surface area contributed by atoms with Crippen LogP contribution in [0.25, 0.3) is 11.0 Å². The van der Waals surface area contributed by atoms with Crippen molar-refractivity contribution < 1.29 is 9.21 Å². The van der Waals surface area contributed by atoms with Gasteiger partial charge in [0, 0.05) is 11.0 Å². The Bertz CT molecular complexity index is 1440. The Morgan fingerprint density at radius 3 is 2.41 bits per heavy atom. The molecule has 160 valence electrons. The predicted octanol–water partition coefficient (Wildman–Crippen LogP) is 6.23. The first kappa shape index (κ1) is 20.7. The summed E-state index contributed by atoms with van der Waals surface area (Å²) < 4.78 is 7.04. The van der Waals surface area contributed by atoms with Gasteiger partial charge in [-0.05, 0) is 61.2 Å². The lowest BCUT2D eigenvalue weighted by Gasteiger charge is -2.25. The molecule has 2 heterocycles. The number of benzene rings is 3. The SMILES string of the molecule is Cc1ccc(CN2C(=O)c3oc4c(C)cc(C)cc4c(=O)c3C2c2cccc(Br)c2)cc1. The first-order valence-electron chi connectivity index (χ1n) is 10.5. The fourth-order valence-electron chi connectivity index (χ4n) is 4.55. The minimum Gasteiger partial charge on any atom is -0.450 e. The molecule has 1 atom stereocenters. The lowest BCUT2D eigenvalue weighted by atomic mass is 9.97. The molecule has 1 amide bonds. The molecule has 0 radical (unpaired) electrons. The first-order valence-corrected chi connectivity index (χ1v) is 11.3. The number of amides is 1. The zero-order valence-electron chi connectivity index (χ0n) is 18.1. The molecule has 0 aliphatic carbocycles. The molecule has 0 saturated heterocycles. The van der Waals surface area contributed by atoms with Gasteiger partial charge < -0.3 is 9.32 Å². The zero-order valence-corrected chi connectivity index (χ0v) is 19.7. The van der Waals surface area contributed by atoms with Crippen molar-refractivity contribution >= 4 is 32.8 Å². The number of hydrogen-bond acceptors (Lipinski definition) is 3. The Morgan fingerprint density at radius 2 is 1.69 bits per heavy atom. The second-order valence-corrected chi connectivity index (χ2v) is 9.42. The highest BCUT2D eigenvalue weighted by molar-refractivity contribution is 9.10. The van der Waals surface area contributed by atoms with Crippen molar-refractivity contribution in [2.24, 2.45) is 0 Å². The normalized spacial score (nSPS) is 15.4. The summed E-state index contributed by atoms with van der Waals surface area (Å²) in [5.41, 5.74) is 5.62. The molecule has 5 rings (SSSR count). The summed E-state index contributed by atoms with van der Waals surface area (Å²) in [5.74, 6) is -0.115. The number of aryl methyl sites for hydroxylation is 3. The number of fused-ring (bicyclic) bond motifs is 2. The summed E-state index contributed by atoms with van der Waals surface area (Å²) in [7, 11) is 0. The summed E-state index contributed by atoms with van der Waals surface area (Å²) in [4.78, 5) is 29.1. The van der Waals surface area contributed by atoms with Gasteiger partial charge in [-0.25, -0.2) is 0 Å². The molecule has 1 unspecified atom stereocenters. The highest BCUT2D eigenvalue weighted by Crippen LogP contribution is 2.40. The molecule has 0 bridgehead atoms. The van der Waals surface area contributed by atoms with Crippen molar-refractivity contribution in [3.8, 4) is 0 Å². The summed E-state index contributed by atoms with van der Waals surface area (Å²) in [5, 5.41) is 0.520. The van der Waals surface area contributed by atoms with E-state index in [1.54, 1.807) is 4.90 Å². The summed E-state index contributed by atoms with van der Waals surface area (Å²) >= 11 is 3.53. The molecule has 0 N–H and O–H groups in total. The van der Waals surface area contributed by atoms with Gasteiger partial charge in [0.2, 0.25) is 5.76 Å². The Hall–Kier alpha value is -3.18. The van der Waals surface area contributed by atoms with Gasteiger partial charge in [0.1, 0.15) is 5.58 Å². The first-order chi connectivity index (χ1) is 15.3. The average Bonchev–Trinajstić information content (AvgIpc) is 3.03. The summed E-state index contributed by atoms with van der Waals surface area (Å²) in [6.45, 7) is 6.28. The van der Waals surface area contributed by atoms with Crippen LogP contribution in [0.15, 0.2) is 74.3 Å². The fourth-order valence-corrected chi connectivity index (χ4v) is 4.97. The minimum absolute atomic E-state index is 0.141. The maximum absolute atomic E-state index is 13.7. The quantitative estimate of drug-likeness (QED) is 0.344. The van der Waals surface area contributed by atoms with Gasteiger partial charge in [0.15, 0.2) is 5.43 Å². The average molecular weight is 488 g/mol. The molecule has 1 aliphatic heterocycles. The zero-order chi connectivity index (χ0) is 22.6. The van der Waals surface area contributed by atoms with Crippen LogP contribution in [0.4, 0.5) is 0 Å². The van der Waals surface area contributed by atoms with Crippen LogP contribution in [0.3, 0.4) is 0 Å². The van der Waals surface area contributed by atoms with E-state index in [0.29, 0.717) is 23.1 Å². The second kappa shape index (κ2) is 7.75. The van der Waals surface area contributed by atoms with Crippen molar-refractivity contribution in [1.82, 2.24) is 4.90 Å². The second-order valence-electron chi connectivity index (χ2n) is 8.51. The summed E-state index contributed by atoms with van der Waals surface area (Å²) in [6, 6.07) is 19.1. The predicted molar refractivity (Wildman–Crippen MR) is 129 cm³/mol. The van der Waals surface area contributed by atoms with Crippen LogP contribution in [-0.2, 0) is 6.54 Å². The van der Waals surface area contributed by atoms with E-state index in [1.165, 1.54) is 0 Å². The van der Waals surface area contributed by atoms with E-state index in [1.807, 2.05) is 81.4 Å². The highest BCUT2D eigenvalue weighted by atomic mass is 79.9. The third-order valence-corrected chi connectivity index (χ3v) is 6.53. The monoisotopic (exact) mass is 487 g/mol. The number of halogens is 1. The molecule has 4 nitrogen and oxygen atoms in total. The van der Waals surface area contributed by atoms with Crippen LogP contribution in [0.2, 0.25) is 0 Å². The lowest BCUT2D eigenvalue weighted by molar-refractivity contribution is 0.0714. The van der Waals surface area contributed by atoms with Crippen LogP contribution < -0.4 is 5.43 Å². The molecule has 1 aromatic heterocycles. The van der Waals surface area contributed by atoms with Gasteiger partial charge in [-0.2, -0.15) is 0 Å².